The van der Waals surface area contributed by atoms with Gasteiger partial charge in [-0.25, -0.2) is 0 Å². The van der Waals surface area contributed by atoms with Crippen molar-refractivity contribution in [3.05, 3.63) is 0 Å². The van der Waals surface area contributed by atoms with Crippen LogP contribution < -0.4 is 0 Å². The van der Waals surface area contributed by atoms with Crippen LogP contribution in [0.5, 0.6) is 0 Å². The maximum absolute atomic E-state index is 2.45. The van der Waals surface area contributed by atoms with Crippen LogP contribution in [-0.4, -0.2) is 32.9 Å². The average molecular weight is 824 g/mol. The Morgan fingerprint density at radius 2 is 0.471 bits per heavy atom. The van der Waals surface area contributed by atoms with Crippen molar-refractivity contribution in [3.8, 4) is 0 Å². The maximum atomic E-state index is 2.45. The van der Waals surface area contributed by atoms with E-state index in [1.807, 2.05) is 0 Å². The molecule has 16 aliphatic rings. The van der Waals surface area contributed by atoms with Gasteiger partial charge in [0.05, 0.1) is 0 Å². The Labute approximate surface area is 332 Å². The fraction of sp³-hybridized carbons (Fsp3) is 1.00. The Bertz CT molecular complexity index is 942. The molecule has 0 aromatic rings. The third-order valence-electron chi connectivity index (χ3n) is 19.8. The Balaban J connectivity index is 0.000000126. The quantitative estimate of drug-likeness (QED) is 0.152. The van der Waals surface area contributed by atoms with Gasteiger partial charge in [-0.1, -0.05) is 42.5 Å². The van der Waals surface area contributed by atoms with Gasteiger partial charge in [-0.15, -0.1) is 0 Å². The van der Waals surface area contributed by atoms with Gasteiger partial charge in [0.2, 0.25) is 0 Å². The first kappa shape index (κ1) is 36.8. The van der Waals surface area contributed by atoms with E-state index in [4.69, 9.17) is 0 Å². The summed E-state index contributed by atoms with van der Waals surface area (Å²) in [6, 6.07) is 0. The molecule has 16 bridgehead atoms. The molecule has 16 aliphatic carbocycles. The number of hydrogen-bond donors (Lipinski definition) is 0. The number of hydrogen-bond acceptors (Lipinski definition) is 0. The van der Waals surface area contributed by atoms with Crippen molar-refractivity contribution in [1.82, 2.24) is 0 Å². The molecule has 0 spiro atoms. The minimum atomic E-state index is 0. The molecule has 16 saturated carbocycles. The van der Waals surface area contributed by atoms with Crippen LogP contribution in [0.2, 0.25) is 0 Å². The van der Waals surface area contributed by atoms with E-state index in [1.54, 1.807) is 179 Å². The Kier molecular flexibility index (Phi) is 9.99. The summed E-state index contributed by atoms with van der Waals surface area (Å²) < 4.78 is 0. The summed E-state index contributed by atoms with van der Waals surface area (Å²) in [5.74, 6) is 13.9. The third kappa shape index (κ3) is 6.31. The van der Waals surface area contributed by atoms with Crippen LogP contribution in [0.1, 0.15) is 194 Å². The molecule has 16 rings (SSSR count). The van der Waals surface area contributed by atoms with Crippen molar-refractivity contribution in [1.29, 1.82) is 0 Å². The third-order valence-corrected chi connectivity index (χ3v) is 28.1. The molecule has 3 heteroatoms. The minimum absolute atomic E-state index is 0. The van der Waals surface area contributed by atoms with Gasteiger partial charge in [0.25, 0.3) is 0 Å². The van der Waals surface area contributed by atoms with Crippen molar-refractivity contribution in [3.63, 3.8) is 0 Å². The van der Waals surface area contributed by atoms with E-state index in [0.717, 1.165) is 91.6 Å². The fourth-order valence-electron chi connectivity index (χ4n) is 20.2. The molecule has 0 radical (unpaired) electrons. The second-order valence-corrected chi connectivity index (χ2v) is 30.0. The van der Waals surface area contributed by atoms with Crippen LogP contribution in [0.4, 0.5) is 0 Å². The van der Waals surface area contributed by atoms with Crippen LogP contribution in [0.25, 0.3) is 0 Å². The van der Waals surface area contributed by atoms with E-state index in [-0.39, 0.29) is 36.3 Å². The molecule has 0 amide bonds. The van der Waals surface area contributed by atoms with Gasteiger partial charge in [0.15, 0.2) is 0 Å². The van der Waals surface area contributed by atoms with Gasteiger partial charge in [0, 0.05) is 20.4 Å². The largest absolute Gasteiger partial charge is 0.0939 e. The van der Waals surface area contributed by atoms with Crippen molar-refractivity contribution < 1.29 is 20.4 Å². The molecule has 0 unspecified atom stereocenters. The van der Waals surface area contributed by atoms with E-state index < -0.39 is 0 Å². The van der Waals surface area contributed by atoms with Gasteiger partial charge in [-0.05, 0) is 271 Å². The fourth-order valence-corrected chi connectivity index (χ4v) is 31.1. The van der Waals surface area contributed by atoms with E-state index >= 15 is 0 Å². The predicted molar refractivity (Wildman–Crippen MR) is 217 cm³/mol. The van der Waals surface area contributed by atoms with Crippen LogP contribution >= 0.6 is 15.8 Å². The molecule has 0 saturated heterocycles. The van der Waals surface area contributed by atoms with E-state index in [1.165, 1.54) is 12.8 Å². The molecule has 0 aliphatic heterocycles. The predicted octanol–water partition coefficient (Wildman–Crippen LogP) is 14.4. The monoisotopic (exact) mass is 822 g/mol. The zero-order chi connectivity index (χ0) is 33.3. The summed E-state index contributed by atoms with van der Waals surface area (Å²) in [4.78, 5) is 0. The van der Waals surface area contributed by atoms with Crippen LogP contribution in [-0.2, 0) is 20.4 Å². The van der Waals surface area contributed by atoms with Gasteiger partial charge < -0.3 is 0 Å². The van der Waals surface area contributed by atoms with Crippen molar-refractivity contribution in [2.75, 3.05) is 12.3 Å². The first-order valence-corrected chi connectivity index (χ1v) is 26.9. The number of unbranched alkanes of at least 4 members (excludes halogenated alkanes) is 2. The van der Waals surface area contributed by atoms with Gasteiger partial charge in [-0.3, -0.25) is 0 Å². The zero-order valence-electron chi connectivity index (χ0n) is 33.4. The van der Waals surface area contributed by atoms with Crippen molar-refractivity contribution in [2.24, 2.45) is 71.0 Å². The molecule has 0 N–H and O–H groups in total. The molecule has 51 heavy (non-hydrogen) atoms. The SMILES string of the molecule is CCCCP(C12CC3CC(CC(C3)C1)C2)C12CC3CC(CC(C3)C1)C2.CCCCP(C12CC3CC(CC(C3)C1)C2)C12CC3CC(CC(C3)C1)C2.[Pd]. The first-order chi connectivity index (χ1) is 24.3. The van der Waals surface area contributed by atoms with E-state index in [0.29, 0.717) is 0 Å². The summed E-state index contributed by atoms with van der Waals surface area (Å²) in [5.41, 5.74) is 0. The molecule has 0 nitrogen and oxygen atoms in total. The molecule has 16 fully saturated rings. The summed E-state index contributed by atoms with van der Waals surface area (Å²) >= 11 is 0. The smallest absolute Gasteiger partial charge is 0 e. The van der Waals surface area contributed by atoms with Crippen LogP contribution in [0.3, 0.4) is 0 Å². The Morgan fingerprint density at radius 1 is 0.314 bits per heavy atom. The molecule has 0 atom stereocenters. The second kappa shape index (κ2) is 13.8. The molecule has 0 aromatic carbocycles. The van der Waals surface area contributed by atoms with Crippen molar-refractivity contribution >= 4 is 15.8 Å². The first-order valence-electron chi connectivity index (χ1n) is 23.9. The molecule has 290 valence electrons. The normalized spacial score (nSPS) is 55.4. The second-order valence-electron chi connectivity index (χ2n) is 23.6. The number of rotatable bonds is 10. The zero-order valence-corrected chi connectivity index (χ0v) is 36.7. The Hall–Kier alpha value is 1.52. The molecular weight excluding hydrogens is 745 g/mol. The summed E-state index contributed by atoms with van der Waals surface area (Å²) in [6.45, 7) is 4.90. The minimum Gasteiger partial charge on any atom is -0.0939 e. The molecule has 0 aromatic heterocycles. The summed E-state index contributed by atoms with van der Waals surface area (Å²) in [5, 5.41) is 3.52. The summed E-state index contributed by atoms with van der Waals surface area (Å²) in [6.07, 6.45) is 49.2. The van der Waals surface area contributed by atoms with E-state index in [2.05, 4.69) is 13.8 Å². The van der Waals surface area contributed by atoms with Crippen LogP contribution in [0.15, 0.2) is 0 Å². The summed E-state index contributed by atoms with van der Waals surface area (Å²) in [7, 11) is 0.571. The van der Waals surface area contributed by atoms with Crippen LogP contribution in [0, 0.1) is 71.0 Å². The Morgan fingerprint density at radius 3 is 0.608 bits per heavy atom. The van der Waals surface area contributed by atoms with Gasteiger partial charge >= 0.3 is 0 Å². The van der Waals surface area contributed by atoms with E-state index in [9.17, 15) is 0 Å². The molecular formula is C48H78P2Pd. The average Bonchev–Trinajstić information content (AvgIpc) is 3.03. The van der Waals surface area contributed by atoms with Gasteiger partial charge in [-0.2, -0.15) is 0 Å². The topological polar surface area (TPSA) is 0 Å². The maximum Gasteiger partial charge on any atom is 0 e. The van der Waals surface area contributed by atoms with Gasteiger partial charge in [0.1, 0.15) is 0 Å². The standard InChI is InChI=1S/2C24H39P.Pd/c2*1-2-3-4-25(23-11-17-5-18(12-23)7-19(6-17)13-23)24-14-20-8-21(15-24)10-22(9-20)16-24;/h2*17-22H,2-16H2,1H3;. The van der Waals surface area contributed by atoms with Crippen molar-refractivity contribution in [2.45, 2.75) is 214 Å². The molecule has 0 heterocycles.